The van der Waals surface area contributed by atoms with E-state index in [1.165, 1.54) is 24.3 Å². The molecule has 0 fully saturated rings. The van der Waals surface area contributed by atoms with Gasteiger partial charge in [-0.2, -0.15) is 0 Å². The predicted octanol–water partition coefficient (Wildman–Crippen LogP) is 2.52. The number of benzene rings is 1. The third-order valence-electron chi connectivity index (χ3n) is 3.57. The Labute approximate surface area is 150 Å². The normalized spacial score (nSPS) is 11.8. The van der Waals surface area contributed by atoms with Crippen molar-refractivity contribution in [3.05, 3.63) is 57.8 Å². The van der Waals surface area contributed by atoms with Crippen LogP contribution in [0.4, 0.5) is 0 Å². The van der Waals surface area contributed by atoms with Gasteiger partial charge in [0, 0.05) is 10.4 Å². The Morgan fingerprint density at radius 2 is 1.76 bits per heavy atom. The second kappa shape index (κ2) is 8.43. The van der Waals surface area contributed by atoms with Crippen molar-refractivity contribution in [3.8, 4) is 0 Å². The summed E-state index contributed by atoms with van der Waals surface area (Å²) in [5, 5.41) is 4.83. The summed E-state index contributed by atoms with van der Waals surface area (Å²) >= 11 is 1.57. The molecule has 6 nitrogen and oxygen atoms in total. The first-order chi connectivity index (χ1) is 11.9. The molecule has 2 amide bonds. The molecule has 2 aromatic rings. The third kappa shape index (κ3) is 5.15. The maximum absolute atomic E-state index is 12.1. The number of carbonyl (C=O) groups is 3. The van der Waals surface area contributed by atoms with Crippen LogP contribution in [0, 0.1) is 5.92 Å². The van der Waals surface area contributed by atoms with E-state index in [-0.39, 0.29) is 30.0 Å². The molecule has 0 aliphatic rings. The summed E-state index contributed by atoms with van der Waals surface area (Å²) < 4.78 is 5.02. The molecular weight excluding hydrogens is 340 g/mol. The van der Waals surface area contributed by atoms with Gasteiger partial charge in [-0.25, -0.2) is 4.79 Å². The molecule has 0 saturated carbocycles. The second-order valence-electron chi connectivity index (χ2n) is 5.82. The minimum atomic E-state index is -0.636. The smallest absolute Gasteiger partial charge is 0.338 e. The first kappa shape index (κ1) is 18.7. The zero-order valence-electron chi connectivity index (χ0n) is 14.0. The molecule has 1 aromatic carbocycles. The maximum Gasteiger partial charge on any atom is 0.338 e. The summed E-state index contributed by atoms with van der Waals surface area (Å²) in [5.41, 5.74) is 5.69. The number of hydrogen-bond donors (Lipinski definition) is 2. The summed E-state index contributed by atoms with van der Waals surface area (Å²) in [5.74, 6) is -1.37. The average Bonchev–Trinajstić information content (AvgIpc) is 3.11. The summed E-state index contributed by atoms with van der Waals surface area (Å²) in [6.07, 6.45) is 0. The van der Waals surface area contributed by atoms with E-state index in [2.05, 4.69) is 5.32 Å². The molecule has 0 radical (unpaired) electrons. The highest BCUT2D eigenvalue weighted by atomic mass is 32.1. The van der Waals surface area contributed by atoms with Gasteiger partial charge in [0.25, 0.3) is 5.91 Å². The van der Waals surface area contributed by atoms with E-state index in [9.17, 15) is 14.4 Å². The summed E-state index contributed by atoms with van der Waals surface area (Å²) in [6, 6.07) is 9.50. The van der Waals surface area contributed by atoms with E-state index in [1.54, 1.807) is 11.3 Å². The lowest BCUT2D eigenvalue weighted by atomic mass is 10.0. The molecule has 0 aliphatic heterocycles. The highest BCUT2D eigenvalue weighted by molar-refractivity contribution is 7.10. The molecule has 25 heavy (non-hydrogen) atoms. The Morgan fingerprint density at radius 1 is 1.12 bits per heavy atom. The minimum absolute atomic E-state index is 0.124. The van der Waals surface area contributed by atoms with Crippen LogP contribution in [0.2, 0.25) is 0 Å². The molecule has 2 rings (SSSR count). The number of rotatable bonds is 7. The zero-order valence-corrected chi connectivity index (χ0v) is 14.8. The quantitative estimate of drug-likeness (QED) is 0.741. The van der Waals surface area contributed by atoms with Gasteiger partial charge < -0.3 is 15.8 Å². The van der Waals surface area contributed by atoms with E-state index in [4.69, 9.17) is 10.5 Å². The highest BCUT2D eigenvalue weighted by Gasteiger charge is 2.20. The van der Waals surface area contributed by atoms with Crippen molar-refractivity contribution in [2.45, 2.75) is 19.9 Å². The Bertz CT molecular complexity index is 739. The molecular formula is C18H20N2O4S. The van der Waals surface area contributed by atoms with E-state index >= 15 is 0 Å². The van der Waals surface area contributed by atoms with Crippen molar-refractivity contribution < 1.29 is 19.1 Å². The van der Waals surface area contributed by atoms with Crippen molar-refractivity contribution in [1.29, 1.82) is 0 Å². The van der Waals surface area contributed by atoms with Crippen LogP contribution in [0.3, 0.4) is 0 Å². The number of hydrogen-bond acceptors (Lipinski definition) is 5. The Morgan fingerprint density at radius 3 is 2.28 bits per heavy atom. The van der Waals surface area contributed by atoms with Crippen molar-refractivity contribution in [1.82, 2.24) is 5.32 Å². The van der Waals surface area contributed by atoms with Gasteiger partial charge in [0.2, 0.25) is 5.91 Å². The number of nitrogens with two attached hydrogens (primary N) is 1. The maximum atomic E-state index is 12.1. The fraction of sp³-hybridized carbons (Fsp3) is 0.278. The van der Waals surface area contributed by atoms with Gasteiger partial charge in [0.05, 0.1) is 11.6 Å². The lowest BCUT2D eigenvalue weighted by Gasteiger charge is -2.21. The molecule has 7 heteroatoms. The van der Waals surface area contributed by atoms with E-state index < -0.39 is 11.9 Å². The molecule has 1 heterocycles. The van der Waals surface area contributed by atoms with Crippen LogP contribution in [0.1, 0.15) is 45.5 Å². The number of amides is 2. The van der Waals surface area contributed by atoms with E-state index in [1.807, 2.05) is 31.4 Å². The van der Waals surface area contributed by atoms with Gasteiger partial charge in [-0.05, 0) is 41.6 Å². The largest absolute Gasteiger partial charge is 0.452 e. The lowest BCUT2D eigenvalue weighted by Crippen LogP contribution is -2.34. The molecule has 0 saturated heterocycles. The van der Waals surface area contributed by atoms with Gasteiger partial charge in [0.15, 0.2) is 6.61 Å². The summed E-state index contributed by atoms with van der Waals surface area (Å²) in [6.45, 7) is 3.65. The number of nitrogens with one attached hydrogen (secondary N) is 1. The highest BCUT2D eigenvalue weighted by Crippen LogP contribution is 2.25. The number of thiophene rings is 1. The van der Waals surface area contributed by atoms with Crippen LogP contribution in [0.25, 0.3) is 0 Å². The van der Waals surface area contributed by atoms with Crippen LogP contribution < -0.4 is 11.1 Å². The molecule has 0 bridgehead atoms. The standard InChI is InChI=1S/C18H20N2O4S/c1-11(2)16(14-4-3-9-25-14)20-15(21)10-24-18(23)13-7-5-12(6-8-13)17(19)22/h3-9,11,16H,10H2,1-2H3,(H2,19,22)(H,20,21)/t16-/m0/s1. The van der Waals surface area contributed by atoms with Crippen molar-refractivity contribution in [2.24, 2.45) is 11.7 Å². The third-order valence-corrected chi connectivity index (χ3v) is 4.53. The van der Waals surface area contributed by atoms with Crippen molar-refractivity contribution >= 4 is 29.1 Å². The SMILES string of the molecule is CC(C)[C@H](NC(=O)COC(=O)c1ccc(C(N)=O)cc1)c1cccs1. The Balaban J connectivity index is 1.90. The van der Waals surface area contributed by atoms with Crippen LogP contribution in [0.5, 0.6) is 0 Å². The monoisotopic (exact) mass is 360 g/mol. The number of esters is 1. The summed E-state index contributed by atoms with van der Waals surface area (Å²) in [7, 11) is 0. The average molecular weight is 360 g/mol. The van der Waals surface area contributed by atoms with Gasteiger partial charge in [-0.1, -0.05) is 19.9 Å². The first-order valence-corrected chi connectivity index (χ1v) is 8.66. The van der Waals surface area contributed by atoms with Gasteiger partial charge in [-0.15, -0.1) is 11.3 Å². The fourth-order valence-electron chi connectivity index (χ4n) is 2.23. The second-order valence-corrected chi connectivity index (χ2v) is 6.80. The molecule has 1 atom stereocenters. The van der Waals surface area contributed by atoms with Crippen molar-refractivity contribution in [2.75, 3.05) is 6.61 Å². The summed E-state index contributed by atoms with van der Waals surface area (Å²) in [4.78, 5) is 36.1. The lowest BCUT2D eigenvalue weighted by molar-refractivity contribution is -0.125. The minimum Gasteiger partial charge on any atom is -0.452 e. The first-order valence-electron chi connectivity index (χ1n) is 7.78. The van der Waals surface area contributed by atoms with Gasteiger partial charge in [-0.3, -0.25) is 9.59 Å². The number of primary amides is 1. The molecule has 0 aliphatic carbocycles. The van der Waals surface area contributed by atoms with Crippen LogP contribution in [0.15, 0.2) is 41.8 Å². The van der Waals surface area contributed by atoms with E-state index in [0.717, 1.165) is 4.88 Å². The fourth-order valence-corrected chi connectivity index (χ4v) is 3.18. The molecule has 0 unspecified atom stereocenters. The molecule has 3 N–H and O–H groups in total. The molecule has 0 spiro atoms. The molecule has 1 aromatic heterocycles. The zero-order chi connectivity index (χ0) is 18.4. The number of carbonyl (C=O) groups excluding carboxylic acids is 3. The van der Waals surface area contributed by atoms with Crippen molar-refractivity contribution in [3.63, 3.8) is 0 Å². The van der Waals surface area contributed by atoms with Crippen LogP contribution in [-0.2, 0) is 9.53 Å². The number of ether oxygens (including phenoxy) is 1. The van der Waals surface area contributed by atoms with Gasteiger partial charge in [0.1, 0.15) is 0 Å². The predicted molar refractivity (Wildman–Crippen MR) is 95.3 cm³/mol. The van der Waals surface area contributed by atoms with Crippen LogP contribution in [-0.4, -0.2) is 24.4 Å². The Hall–Kier alpha value is -2.67. The van der Waals surface area contributed by atoms with E-state index in [0.29, 0.717) is 5.56 Å². The topological polar surface area (TPSA) is 98.5 Å². The van der Waals surface area contributed by atoms with Gasteiger partial charge >= 0.3 is 5.97 Å². The Kier molecular flexibility index (Phi) is 6.30. The van der Waals surface area contributed by atoms with Crippen LogP contribution >= 0.6 is 11.3 Å². The molecule has 132 valence electrons.